The molecule has 4 aromatic rings. The number of nitrogens with zero attached hydrogens (tertiary/aromatic N) is 2. The Kier molecular flexibility index (Phi) is 7.79. The van der Waals surface area contributed by atoms with Crippen LogP contribution in [0.25, 0.3) is 10.9 Å². The molecule has 0 aliphatic carbocycles. The van der Waals surface area contributed by atoms with Crippen molar-refractivity contribution >= 4 is 27.8 Å². The van der Waals surface area contributed by atoms with E-state index in [4.69, 9.17) is 14.2 Å². The van der Waals surface area contributed by atoms with Crippen LogP contribution in [0.1, 0.15) is 5.56 Å². The lowest BCUT2D eigenvalue weighted by Crippen LogP contribution is -2.28. The molecule has 9 heteroatoms. The molecule has 0 aliphatic heterocycles. The van der Waals surface area contributed by atoms with Crippen molar-refractivity contribution in [3.05, 3.63) is 84.3 Å². The number of hydrogen-bond donors (Lipinski definition) is 1. The normalized spacial score (nSPS) is 11.9. The highest BCUT2D eigenvalue weighted by atomic mass is 32.2. The molecule has 0 aliphatic rings. The maximum Gasteiger partial charge on any atom is 0.196 e. The minimum Gasteiger partial charge on any atom is -0.493 e. The lowest BCUT2D eigenvalue weighted by molar-refractivity contribution is 0.355. The second-order valence-electron chi connectivity index (χ2n) is 7.72. The van der Waals surface area contributed by atoms with Crippen molar-refractivity contribution in [1.82, 2.24) is 9.29 Å². The molecule has 1 N–H and O–H groups in total. The molecule has 1 heterocycles. The molecule has 182 valence electrons. The molecule has 0 saturated carbocycles. The van der Waals surface area contributed by atoms with Gasteiger partial charge in [0.2, 0.25) is 0 Å². The molecule has 0 radical (unpaired) electrons. The van der Waals surface area contributed by atoms with Gasteiger partial charge in [-0.05, 0) is 36.2 Å². The number of fused-ring (bicyclic) bond motifs is 1. The zero-order chi connectivity index (χ0) is 24.8. The second-order valence-corrected chi connectivity index (χ2v) is 9.04. The lowest BCUT2D eigenvalue weighted by atomic mass is 10.2. The van der Waals surface area contributed by atoms with Gasteiger partial charge in [-0.15, -0.1) is 0 Å². The van der Waals surface area contributed by atoms with Crippen LogP contribution >= 0.6 is 0 Å². The van der Waals surface area contributed by atoms with Gasteiger partial charge >= 0.3 is 0 Å². The molecule has 0 amide bonds. The first-order valence-electron chi connectivity index (χ1n) is 10.9. The number of ether oxygens (including phenoxy) is 3. The number of methoxy groups -OCH3 is 2. The van der Waals surface area contributed by atoms with Gasteiger partial charge in [0, 0.05) is 37.3 Å². The van der Waals surface area contributed by atoms with E-state index in [0.717, 1.165) is 12.0 Å². The Morgan fingerprint density at radius 1 is 0.943 bits per heavy atom. The number of anilines is 1. The number of halogens is 1. The minimum atomic E-state index is -1.53. The fourth-order valence-electron chi connectivity index (χ4n) is 3.49. The monoisotopic (exact) mass is 495 g/mol. The smallest absolute Gasteiger partial charge is 0.196 e. The molecular weight excluding hydrogens is 469 g/mol. The van der Waals surface area contributed by atoms with E-state index >= 15 is 0 Å². The topological polar surface area (TPSA) is 72.9 Å². The van der Waals surface area contributed by atoms with Crippen LogP contribution in [0.4, 0.5) is 10.1 Å². The maximum atomic E-state index is 14.9. The lowest BCUT2D eigenvalue weighted by Gasteiger charge is -2.17. The highest BCUT2D eigenvalue weighted by molar-refractivity contribution is 7.84. The van der Waals surface area contributed by atoms with Crippen molar-refractivity contribution in [3.63, 3.8) is 0 Å². The summed E-state index contributed by atoms with van der Waals surface area (Å²) in [5, 5.41) is 0.646. The van der Waals surface area contributed by atoms with Crippen LogP contribution in [-0.2, 0) is 17.6 Å². The van der Waals surface area contributed by atoms with E-state index in [1.807, 2.05) is 30.3 Å². The highest BCUT2D eigenvalue weighted by Gasteiger charge is 2.14. The van der Waals surface area contributed by atoms with E-state index in [-0.39, 0.29) is 5.75 Å². The zero-order valence-corrected chi connectivity index (χ0v) is 20.5. The summed E-state index contributed by atoms with van der Waals surface area (Å²) in [7, 11) is 4.83. The van der Waals surface area contributed by atoms with Crippen LogP contribution < -0.4 is 18.9 Å². The SMILES string of the molecule is COc1cc2nccc(Oc3ccc(NS(=O)N(C)CCc4ccccc4)cc3F)c2cc1OC. The van der Waals surface area contributed by atoms with Gasteiger partial charge in [0.25, 0.3) is 0 Å². The van der Waals surface area contributed by atoms with Crippen LogP contribution in [0.3, 0.4) is 0 Å². The first-order chi connectivity index (χ1) is 17.0. The molecule has 0 bridgehead atoms. The number of hydrogen-bond acceptors (Lipinski definition) is 5. The van der Waals surface area contributed by atoms with Gasteiger partial charge in [-0.1, -0.05) is 30.3 Å². The molecule has 0 saturated heterocycles. The summed E-state index contributed by atoms with van der Waals surface area (Å²) in [5.41, 5.74) is 2.15. The Hall–Kier alpha value is -3.69. The largest absolute Gasteiger partial charge is 0.493 e. The Bertz CT molecular complexity index is 1340. The van der Waals surface area contributed by atoms with Crippen molar-refractivity contribution < 1.29 is 22.8 Å². The summed E-state index contributed by atoms with van der Waals surface area (Å²) in [6.07, 6.45) is 2.33. The molecule has 4 rings (SSSR count). The third kappa shape index (κ3) is 5.87. The average Bonchev–Trinajstić information content (AvgIpc) is 2.88. The third-order valence-electron chi connectivity index (χ3n) is 5.41. The Morgan fingerprint density at radius 2 is 1.69 bits per heavy atom. The Morgan fingerprint density at radius 3 is 2.40 bits per heavy atom. The molecule has 35 heavy (non-hydrogen) atoms. The molecular formula is C26H26FN3O4S. The van der Waals surface area contributed by atoms with E-state index in [1.165, 1.54) is 19.2 Å². The van der Waals surface area contributed by atoms with Crippen LogP contribution in [0.2, 0.25) is 0 Å². The number of likely N-dealkylation sites (N-methyl/N-ethyl adjacent to an activating group) is 1. The quantitative estimate of drug-likeness (QED) is 0.321. The number of rotatable bonds is 10. The molecule has 1 atom stereocenters. The van der Waals surface area contributed by atoms with Crippen LogP contribution in [0.15, 0.2) is 72.9 Å². The summed E-state index contributed by atoms with van der Waals surface area (Å²) in [4.78, 5) is 4.33. The molecule has 7 nitrogen and oxygen atoms in total. The van der Waals surface area contributed by atoms with Gasteiger partial charge in [0.1, 0.15) is 5.75 Å². The number of benzene rings is 3. The van der Waals surface area contributed by atoms with Crippen molar-refractivity contribution in [3.8, 4) is 23.0 Å². The predicted octanol–water partition coefficient (Wildman–Crippen LogP) is 5.35. The van der Waals surface area contributed by atoms with E-state index in [2.05, 4.69) is 9.71 Å². The van der Waals surface area contributed by atoms with E-state index in [9.17, 15) is 8.60 Å². The zero-order valence-electron chi connectivity index (χ0n) is 19.7. The summed E-state index contributed by atoms with van der Waals surface area (Å²) in [5.74, 6) is 0.898. The number of pyridine rings is 1. The van der Waals surface area contributed by atoms with Crippen molar-refractivity contribution in [2.24, 2.45) is 0 Å². The van der Waals surface area contributed by atoms with Crippen molar-refractivity contribution in [1.29, 1.82) is 0 Å². The fourth-order valence-corrected chi connectivity index (χ4v) is 4.24. The van der Waals surface area contributed by atoms with E-state index in [1.54, 1.807) is 48.9 Å². The van der Waals surface area contributed by atoms with Gasteiger partial charge in [0.05, 0.1) is 25.4 Å². The molecule has 1 unspecified atom stereocenters. The van der Waals surface area contributed by atoms with Crippen LogP contribution in [0, 0.1) is 5.82 Å². The van der Waals surface area contributed by atoms with E-state index in [0.29, 0.717) is 40.4 Å². The standard InChI is InChI=1S/C26H26FN3O4S/c1-30(14-12-18-7-5-4-6-8-18)35(31)29-19-9-10-24(21(27)15-19)34-23-11-13-28-22-17-26(33-3)25(32-2)16-20(22)23/h4-11,13,15-17,29H,12,14H2,1-3H3. The number of nitrogens with one attached hydrogen (secondary N) is 1. The van der Waals surface area contributed by atoms with Gasteiger partial charge in [-0.2, -0.15) is 0 Å². The molecule has 3 aromatic carbocycles. The van der Waals surface area contributed by atoms with Gasteiger partial charge in [-0.3, -0.25) is 9.71 Å². The van der Waals surface area contributed by atoms with Gasteiger partial charge in [0.15, 0.2) is 34.2 Å². The Balaban J connectivity index is 1.46. The molecule has 0 fully saturated rings. The fraction of sp³-hybridized carbons (Fsp3) is 0.192. The molecule has 0 spiro atoms. The average molecular weight is 496 g/mol. The van der Waals surface area contributed by atoms with E-state index < -0.39 is 17.0 Å². The summed E-state index contributed by atoms with van der Waals surface area (Å²) in [6, 6.07) is 19.4. The minimum absolute atomic E-state index is 0.0287. The van der Waals surface area contributed by atoms with Crippen LogP contribution in [0.5, 0.6) is 23.0 Å². The third-order valence-corrected chi connectivity index (χ3v) is 6.56. The predicted molar refractivity (Wildman–Crippen MR) is 136 cm³/mol. The van der Waals surface area contributed by atoms with Crippen LogP contribution in [-0.4, -0.2) is 41.3 Å². The first-order valence-corrected chi connectivity index (χ1v) is 12.0. The highest BCUT2D eigenvalue weighted by Crippen LogP contribution is 2.37. The van der Waals surface area contributed by atoms with Gasteiger partial charge < -0.3 is 14.2 Å². The van der Waals surface area contributed by atoms with Crippen molar-refractivity contribution in [2.45, 2.75) is 6.42 Å². The first kappa shape index (κ1) is 24.4. The maximum absolute atomic E-state index is 14.9. The number of aromatic nitrogens is 1. The van der Waals surface area contributed by atoms with Gasteiger partial charge in [-0.25, -0.2) is 12.9 Å². The van der Waals surface area contributed by atoms with Crippen molar-refractivity contribution in [2.75, 3.05) is 32.5 Å². The summed E-state index contributed by atoms with van der Waals surface area (Å²) < 4.78 is 48.6. The second kappa shape index (κ2) is 11.2. The molecule has 1 aromatic heterocycles. The summed E-state index contributed by atoms with van der Waals surface area (Å²) in [6.45, 7) is 0.580. The summed E-state index contributed by atoms with van der Waals surface area (Å²) >= 11 is -1.53. The Labute approximate surface area is 206 Å².